The van der Waals surface area contributed by atoms with Gasteiger partial charge >= 0.3 is 0 Å². The van der Waals surface area contributed by atoms with Crippen molar-refractivity contribution in [2.75, 3.05) is 19.7 Å². The Hall–Kier alpha value is -0.860. The molecule has 1 heterocycles. The Labute approximate surface area is 98.0 Å². The molecular weight excluding hydrogens is 198 g/mol. The zero-order valence-corrected chi connectivity index (χ0v) is 9.99. The number of ether oxygens (including phenoxy) is 1. The van der Waals surface area contributed by atoms with Crippen LogP contribution in [0.1, 0.15) is 31.4 Å². The third kappa shape index (κ3) is 2.83. The highest BCUT2D eigenvalue weighted by Gasteiger charge is 2.26. The Morgan fingerprint density at radius 2 is 2.12 bits per heavy atom. The molecule has 1 aromatic rings. The topological polar surface area (TPSA) is 21.3 Å². The highest BCUT2D eigenvalue weighted by atomic mass is 16.5. The van der Waals surface area contributed by atoms with E-state index in [0.29, 0.717) is 5.92 Å². The summed E-state index contributed by atoms with van der Waals surface area (Å²) in [5.74, 6) is 0.621. The van der Waals surface area contributed by atoms with E-state index in [1.807, 2.05) is 0 Å². The van der Waals surface area contributed by atoms with Crippen molar-refractivity contribution in [3.63, 3.8) is 0 Å². The molecule has 2 heteroatoms. The summed E-state index contributed by atoms with van der Waals surface area (Å²) < 4.78 is 5.93. The average Bonchev–Trinajstić information content (AvgIpc) is 2.38. The van der Waals surface area contributed by atoms with Gasteiger partial charge in [0.25, 0.3) is 0 Å². The van der Waals surface area contributed by atoms with Crippen molar-refractivity contribution >= 4 is 0 Å². The van der Waals surface area contributed by atoms with Gasteiger partial charge in [0.1, 0.15) is 0 Å². The van der Waals surface area contributed by atoms with Crippen molar-refractivity contribution in [2.45, 2.75) is 25.9 Å². The zero-order chi connectivity index (χ0) is 11.2. The molecule has 2 nitrogen and oxygen atoms in total. The van der Waals surface area contributed by atoms with Crippen molar-refractivity contribution in [3.8, 4) is 0 Å². The van der Waals surface area contributed by atoms with Crippen LogP contribution in [0.5, 0.6) is 0 Å². The largest absolute Gasteiger partial charge is 0.373 e. The first-order chi connectivity index (χ1) is 7.92. The average molecular weight is 219 g/mol. The summed E-state index contributed by atoms with van der Waals surface area (Å²) in [4.78, 5) is 0. The number of hydrogen-bond donors (Lipinski definition) is 1. The highest BCUT2D eigenvalue weighted by Crippen LogP contribution is 2.32. The lowest BCUT2D eigenvalue weighted by molar-refractivity contribution is -0.0276. The van der Waals surface area contributed by atoms with E-state index in [1.54, 1.807) is 0 Å². The molecule has 1 aliphatic rings. The maximum atomic E-state index is 5.93. The van der Waals surface area contributed by atoms with Gasteiger partial charge < -0.3 is 10.1 Å². The summed E-state index contributed by atoms with van der Waals surface area (Å²) in [6, 6.07) is 10.6. The second-order valence-electron chi connectivity index (χ2n) is 4.41. The molecular formula is C14H21NO. The normalized spacial score (nSPS) is 25.6. The molecule has 1 aromatic carbocycles. The van der Waals surface area contributed by atoms with E-state index in [-0.39, 0.29) is 6.10 Å². The van der Waals surface area contributed by atoms with E-state index >= 15 is 0 Å². The van der Waals surface area contributed by atoms with Gasteiger partial charge in [-0.05, 0) is 24.9 Å². The van der Waals surface area contributed by atoms with Crippen LogP contribution in [0.3, 0.4) is 0 Å². The molecule has 1 fully saturated rings. The summed E-state index contributed by atoms with van der Waals surface area (Å²) in [7, 11) is 0. The molecule has 16 heavy (non-hydrogen) atoms. The van der Waals surface area contributed by atoms with E-state index in [2.05, 4.69) is 42.6 Å². The van der Waals surface area contributed by atoms with Gasteiger partial charge in [-0.2, -0.15) is 0 Å². The third-order valence-corrected chi connectivity index (χ3v) is 3.23. The smallest absolute Gasteiger partial charge is 0.0865 e. The summed E-state index contributed by atoms with van der Waals surface area (Å²) in [5, 5.41) is 3.44. The molecule has 2 atom stereocenters. The molecule has 1 saturated heterocycles. The van der Waals surface area contributed by atoms with Crippen LogP contribution in [0.25, 0.3) is 0 Å². The molecule has 0 aromatic heterocycles. The maximum Gasteiger partial charge on any atom is 0.0865 e. The van der Waals surface area contributed by atoms with Crippen LogP contribution in [0, 0.1) is 5.92 Å². The van der Waals surface area contributed by atoms with E-state index in [1.165, 1.54) is 18.4 Å². The minimum absolute atomic E-state index is 0.286. The van der Waals surface area contributed by atoms with Crippen LogP contribution in [-0.4, -0.2) is 19.7 Å². The first kappa shape index (κ1) is 11.6. The molecule has 1 N–H and O–H groups in total. The molecule has 88 valence electrons. The number of rotatable bonds is 4. The lowest BCUT2D eigenvalue weighted by atomic mass is 9.89. The SMILES string of the molecule is CCNCC1CCCOC1c1ccccc1. The molecule has 0 radical (unpaired) electrons. The van der Waals surface area contributed by atoms with E-state index < -0.39 is 0 Å². The first-order valence-corrected chi connectivity index (χ1v) is 6.29. The van der Waals surface area contributed by atoms with E-state index in [9.17, 15) is 0 Å². The van der Waals surface area contributed by atoms with Gasteiger partial charge in [-0.3, -0.25) is 0 Å². The molecule has 2 rings (SSSR count). The van der Waals surface area contributed by atoms with Crippen LogP contribution in [0.2, 0.25) is 0 Å². The minimum Gasteiger partial charge on any atom is -0.373 e. The maximum absolute atomic E-state index is 5.93. The zero-order valence-electron chi connectivity index (χ0n) is 9.99. The van der Waals surface area contributed by atoms with Crippen molar-refractivity contribution in [1.82, 2.24) is 5.32 Å². The second-order valence-corrected chi connectivity index (χ2v) is 4.41. The Bertz CT molecular complexity index is 299. The van der Waals surface area contributed by atoms with Crippen LogP contribution in [-0.2, 0) is 4.74 Å². The van der Waals surface area contributed by atoms with Crippen LogP contribution in [0.4, 0.5) is 0 Å². The summed E-state index contributed by atoms with van der Waals surface area (Å²) in [6.45, 7) is 5.16. The number of hydrogen-bond acceptors (Lipinski definition) is 2. The van der Waals surface area contributed by atoms with Crippen LogP contribution >= 0.6 is 0 Å². The molecule has 0 amide bonds. The van der Waals surface area contributed by atoms with Crippen LogP contribution in [0.15, 0.2) is 30.3 Å². The van der Waals surface area contributed by atoms with Crippen molar-refractivity contribution < 1.29 is 4.74 Å². The fourth-order valence-corrected chi connectivity index (χ4v) is 2.39. The molecule has 1 aliphatic heterocycles. The number of benzene rings is 1. The van der Waals surface area contributed by atoms with Gasteiger partial charge in [0, 0.05) is 19.1 Å². The fourth-order valence-electron chi connectivity index (χ4n) is 2.39. The Balaban J connectivity index is 2.04. The van der Waals surface area contributed by atoms with Gasteiger partial charge in [0.05, 0.1) is 6.10 Å². The van der Waals surface area contributed by atoms with Gasteiger partial charge in [0.15, 0.2) is 0 Å². The third-order valence-electron chi connectivity index (χ3n) is 3.23. The Morgan fingerprint density at radius 1 is 1.31 bits per heavy atom. The lowest BCUT2D eigenvalue weighted by Gasteiger charge is -2.32. The molecule has 0 bridgehead atoms. The Kier molecular flexibility index (Phi) is 4.37. The van der Waals surface area contributed by atoms with Gasteiger partial charge in [-0.15, -0.1) is 0 Å². The summed E-state index contributed by atoms with van der Waals surface area (Å²) in [6.07, 6.45) is 2.75. The van der Waals surface area contributed by atoms with Gasteiger partial charge in [0.2, 0.25) is 0 Å². The monoisotopic (exact) mass is 219 g/mol. The quantitative estimate of drug-likeness (QED) is 0.840. The predicted molar refractivity (Wildman–Crippen MR) is 66.4 cm³/mol. The first-order valence-electron chi connectivity index (χ1n) is 6.29. The Morgan fingerprint density at radius 3 is 2.88 bits per heavy atom. The minimum atomic E-state index is 0.286. The number of nitrogens with one attached hydrogen (secondary N) is 1. The highest BCUT2D eigenvalue weighted by molar-refractivity contribution is 5.18. The van der Waals surface area contributed by atoms with Gasteiger partial charge in [-0.1, -0.05) is 37.3 Å². The van der Waals surface area contributed by atoms with E-state index in [4.69, 9.17) is 4.74 Å². The van der Waals surface area contributed by atoms with E-state index in [0.717, 1.165) is 19.7 Å². The molecule has 0 spiro atoms. The summed E-state index contributed by atoms with van der Waals surface area (Å²) in [5.41, 5.74) is 1.32. The predicted octanol–water partition coefficient (Wildman–Crippen LogP) is 2.76. The van der Waals surface area contributed by atoms with Crippen LogP contribution < -0.4 is 5.32 Å². The standard InChI is InChI=1S/C14H21NO/c1-2-15-11-13-9-6-10-16-14(13)12-7-4-3-5-8-12/h3-5,7-8,13-15H,2,6,9-11H2,1H3. The molecule has 0 saturated carbocycles. The lowest BCUT2D eigenvalue weighted by Crippen LogP contribution is -2.31. The van der Waals surface area contributed by atoms with Crippen molar-refractivity contribution in [2.24, 2.45) is 5.92 Å². The fraction of sp³-hybridized carbons (Fsp3) is 0.571. The summed E-state index contributed by atoms with van der Waals surface area (Å²) >= 11 is 0. The van der Waals surface area contributed by atoms with Crippen molar-refractivity contribution in [3.05, 3.63) is 35.9 Å². The van der Waals surface area contributed by atoms with Gasteiger partial charge in [-0.25, -0.2) is 0 Å². The molecule has 2 unspecified atom stereocenters. The second kappa shape index (κ2) is 6.02. The molecule has 0 aliphatic carbocycles. The van der Waals surface area contributed by atoms with Crippen molar-refractivity contribution in [1.29, 1.82) is 0 Å².